The van der Waals surface area contributed by atoms with Crippen molar-refractivity contribution in [1.82, 2.24) is 10.3 Å². The second kappa shape index (κ2) is 6.85. The maximum absolute atomic E-state index is 11.4. The molecule has 6 heteroatoms. The lowest BCUT2D eigenvalue weighted by atomic mass is 10.2. The molecule has 0 saturated carbocycles. The molecule has 1 heterocycles. The number of rotatable bonds is 3. The van der Waals surface area contributed by atoms with Gasteiger partial charge in [0.2, 0.25) is 5.91 Å². The van der Waals surface area contributed by atoms with E-state index >= 15 is 0 Å². The topological polar surface area (TPSA) is 54.0 Å². The van der Waals surface area contributed by atoms with Crippen LogP contribution in [0.1, 0.15) is 13.3 Å². The molecule has 0 spiro atoms. The van der Waals surface area contributed by atoms with Gasteiger partial charge in [-0.15, -0.1) is 11.3 Å². The molecule has 0 bridgehead atoms. The van der Waals surface area contributed by atoms with Gasteiger partial charge in [0.15, 0.2) is 5.11 Å². The first-order valence-corrected chi connectivity index (χ1v) is 8.45. The van der Waals surface area contributed by atoms with Crippen molar-refractivity contribution in [3.63, 3.8) is 0 Å². The van der Waals surface area contributed by atoms with Gasteiger partial charge in [0.25, 0.3) is 0 Å². The molecule has 1 aromatic heterocycles. The molecular weight excluding hydrogens is 326 g/mol. The van der Waals surface area contributed by atoms with Crippen LogP contribution in [0.25, 0.3) is 20.8 Å². The molecule has 116 valence electrons. The van der Waals surface area contributed by atoms with E-state index in [4.69, 9.17) is 12.2 Å². The predicted molar refractivity (Wildman–Crippen MR) is 99.7 cm³/mol. The van der Waals surface area contributed by atoms with Crippen molar-refractivity contribution in [2.75, 3.05) is 5.32 Å². The highest BCUT2D eigenvalue weighted by Crippen LogP contribution is 2.31. The fraction of sp³-hybridized carbons (Fsp3) is 0.118. The molecule has 2 aromatic carbocycles. The van der Waals surface area contributed by atoms with Crippen molar-refractivity contribution in [3.8, 4) is 10.6 Å². The molecule has 2 N–H and O–H groups in total. The average Bonchev–Trinajstić information content (AvgIpc) is 2.99. The van der Waals surface area contributed by atoms with E-state index in [1.807, 2.05) is 42.5 Å². The van der Waals surface area contributed by atoms with Gasteiger partial charge in [-0.2, -0.15) is 0 Å². The van der Waals surface area contributed by atoms with Gasteiger partial charge in [0, 0.05) is 17.7 Å². The van der Waals surface area contributed by atoms with Crippen LogP contribution < -0.4 is 10.6 Å². The number of anilines is 1. The summed E-state index contributed by atoms with van der Waals surface area (Å²) in [7, 11) is 0. The number of nitrogens with zero attached hydrogens (tertiary/aromatic N) is 1. The van der Waals surface area contributed by atoms with Gasteiger partial charge in [-0.1, -0.05) is 31.2 Å². The number of nitrogens with one attached hydrogen (secondary N) is 2. The molecule has 3 aromatic rings. The van der Waals surface area contributed by atoms with Crippen LogP contribution in [0.5, 0.6) is 0 Å². The number of hydrogen-bond acceptors (Lipinski definition) is 4. The second-order valence-electron chi connectivity index (χ2n) is 4.92. The summed E-state index contributed by atoms with van der Waals surface area (Å²) in [5, 5.41) is 6.92. The normalized spacial score (nSPS) is 10.5. The van der Waals surface area contributed by atoms with E-state index in [9.17, 15) is 4.79 Å². The smallest absolute Gasteiger partial charge is 0.225 e. The average molecular weight is 341 g/mol. The molecule has 4 nitrogen and oxygen atoms in total. The molecule has 0 aliphatic carbocycles. The first kappa shape index (κ1) is 15.6. The first-order valence-electron chi connectivity index (χ1n) is 7.22. The summed E-state index contributed by atoms with van der Waals surface area (Å²) >= 11 is 6.79. The van der Waals surface area contributed by atoms with E-state index in [-0.39, 0.29) is 5.91 Å². The van der Waals surface area contributed by atoms with Crippen molar-refractivity contribution in [1.29, 1.82) is 0 Å². The number of amides is 1. The van der Waals surface area contributed by atoms with E-state index in [0.717, 1.165) is 26.5 Å². The molecule has 0 fully saturated rings. The Morgan fingerprint density at radius 2 is 2.04 bits per heavy atom. The molecule has 0 aliphatic heterocycles. The van der Waals surface area contributed by atoms with E-state index in [1.165, 1.54) is 0 Å². The fourth-order valence-electron chi connectivity index (χ4n) is 2.10. The molecule has 0 atom stereocenters. The van der Waals surface area contributed by atoms with Crippen molar-refractivity contribution in [2.45, 2.75) is 13.3 Å². The molecule has 0 radical (unpaired) electrons. The molecule has 1 amide bonds. The maximum atomic E-state index is 11.4. The van der Waals surface area contributed by atoms with Crippen LogP contribution in [0.3, 0.4) is 0 Å². The van der Waals surface area contributed by atoms with Crippen LogP contribution in [-0.4, -0.2) is 16.0 Å². The van der Waals surface area contributed by atoms with Gasteiger partial charge in [0.1, 0.15) is 5.01 Å². The zero-order valence-corrected chi connectivity index (χ0v) is 14.1. The largest absolute Gasteiger partial charge is 0.332 e. The summed E-state index contributed by atoms with van der Waals surface area (Å²) in [6.07, 6.45) is 0.396. The summed E-state index contributed by atoms with van der Waals surface area (Å²) in [4.78, 5) is 16.0. The summed E-state index contributed by atoms with van der Waals surface area (Å²) in [5.41, 5.74) is 2.83. The van der Waals surface area contributed by atoms with Crippen molar-refractivity contribution in [3.05, 3.63) is 48.5 Å². The predicted octanol–water partition coefficient (Wildman–Crippen LogP) is 4.19. The Morgan fingerprint density at radius 3 is 2.83 bits per heavy atom. The Hall–Kier alpha value is -2.31. The highest BCUT2D eigenvalue weighted by Gasteiger charge is 2.07. The monoisotopic (exact) mass is 341 g/mol. The summed E-state index contributed by atoms with van der Waals surface area (Å²) in [6, 6.07) is 15.9. The zero-order chi connectivity index (χ0) is 16.2. The highest BCUT2D eigenvalue weighted by atomic mass is 32.1. The molecule has 0 saturated heterocycles. The van der Waals surface area contributed by atoms with Crippen LogP contribution in [-0.2, 0) is 4.79 Å². The lowest BCUT2D eigenvalue weighted by molar-refractivity contribution is -0.119. The maximum Gasteiger partial charge on any atom is 0.225 e. The quantitative estimate of drug-likeness (QED) is 0.702. The van der Waals surface area contributed by atoms with Gasteiger partial charge in [-0.3, -0.25) is 4.79 Å². The third kappa shape index (κ3) is 3.72. The number of hydrogen-bond donors (Lipinski definition) is 2. The summed E-state index contributed by atoms with van der Waals surface area (Å²) in [5.74, 6) is -0.107. The lowest BCUT2D eigenvalue weighted by Gasteiger charge is -2.09. The van der Waals surface area contributed by atoms with Gasteiger partial charge >= 0.3 is 0 Å². The van der Waals surface area contributed by atoms with Crippen LogP contribution >= 0.6 is 23.6 Å². The third-order valence-electron chi connectivity index (χ3n) is 3.24. The number of carbonyl (C=O) groups excluding carboxylic acids is 1. The van der Waals surface area contributed by atoms with Crippen LogP contribution in [0.15, 0.2) is 48.5 Å². The van der Waals surface area contributed by atoms with Gasteiger partial charge in [-0.05, 0) is 36.5 Å². The minimum Gasteiger partial charge on any atom is -0.332 e. The Morgan fingerprint density at radius 1 is 1.22 bits per heavy atom. The van der Waals surface area contributed by atoms with Crippen LogP contribution in [0, 0.1) is 0 Å². The third-order valence-corrected chi connectivity index (χ3v) is 4.52. The zero-order valence-electron chi connectivity index (χ0n) is 12.5. The number of carbonyl (C=O) groups is 1. The minimum atomic E-state index is -0.107. The van der Waals surface area contributed by atoms with Crippen molar-refractivity contribution in [2.24, 2.45) is 0 Å². The number of benzene rings is 2. The number of aromatic nitrogens is 1. The van der Waals surface area contributed by atoms with Crippen LogP contribution in [0.2, 0.25) is 0 Å². The van der Waals surface area contributed by atoms with E-state index in [0.29, 0.717) is 11.5 Å². The lowest BCUT2D eigenvalue weighted by Crippen LogP contribution is -2.33. The first-order chi connectivity index (χ1) is 11.2. The Kier molecular flexibility index (Phi) is 4.64. The number of thiocarbonyl (C=S) groups is 1. The molecule has 0 aliphatic rings. The number of para-hydroxylation sites is 1. The number of fused-ring (bicyclic) bond motifs is 1. The van der Waals surface area contributed by atoms with Crippen molar-refractivity contribution >= 4 is 50.5 Å². The minimum absolute atomic E-state index is 0.107. The Bertz CT molecular complexity index is 840. The van der Waals surface area contributed by atoms with Gasteiger partial charge in [0.05, 0.1) is 10.2 Å². The Balaban J connectivity index is 1.82. The van der Waals surface area contributed by atoms with Gasteiger partial charge < -0.3 is 10.6 Å². The molecule has 0 unspecified atom stereocenters. The van der Waals surface area contributed by atoms with Gasteiger partial charge in [-0.25, -0.2) is 4.98 Å². The van der Waals surface area contributed by atoms with Crippen LogP contribution in [0.4, 0.5) is 5.69 Å². The molecular formula is C17H15N3OS2. The molecule has 3 rings (SSSR count). The Labute approximate surface area is 143 Å². The SMILES string of the molecule is CCC(=O)NC(=S)Nc1cccc(-c2nc3ccccc3s2)c1. The summed E-state index contributed by atoms with van der Waals surface area (Å²) < 4.78 is 1.16. The second-order valence-corrected chi connectivity index (χ2v) is 6.36. The number of thiazole rings is 1. The summed E-state index contributed by atoms with van der Waals surface area (Å²) in [6.45, 7) is 1.78. The van der Waals surface area contributed by atoms with Crippen molar-refractivity contribution < 1.29 is 4.79 Å². The highest BCUT2D eigenvalue weighted by molar-refractivity contribution is 7.80. The molecule has 23 heavy (non-hydrogen) atoms. The standard InChI is InChI=1S/C17H15N3OS2/c1-2-15(21)20-17(22)18-12-7-5-6-11(10-12)16-19-13-8-3-4-9-14(13)23-16/h3-10H,2H2,1H3,(H2,18,20,21,22). The van der Waals surface area contributed by atoms with E-state index in [1.54, 1.807) is 18.3 Å². The van der Waals surface area contributed by atoms with E-state index < -0.39 is 0 Å². The van der Waals surface area contributed by atoms with E-state index in [2.05, 4.69) is 21.7 Å². The fourth-order valence-corrected chi connectivity index (χ4v) is 3.30.